The van der Waals surface area contributed by atoms with Crippen LogP contribution in [0.15, 0.2) is 47.6 Å². The molecule has 0 radical (unpaired) electrons. The van der Waals surface area contributed by atoms with Gasteiger partial charge in [0.2, 0.25) is 10.0 Å². The van der Waals surface area contributed by atoms with Crippen molar-refractivity contribution in [3.8, 4) is 17.6 Å². The molecule has 1 aromatic carbocycles. The first-order valence-electron chi connectivity index (χ1n) is 5.15. The quantitative estimate of drug-likeness (QED) is 0.930. The minimum absolute atomic E-state index is 0. The molecule has 0 aliphatic carbocycles. The summed E-state index contributed by atoms with van der Waals surface area (Å²) in [4.78, 5) is 3.50. The fraction of sp³-hybridized carbons (Fsp3) is 0. The lowest BCUT2D eigenvalue weighted by Gasteiger charge is -2.08. The fourth-order valence-corrected chi connectivity index (χ4v) is 1.99. The largest absolute Gasteiger partial charge is 0.456 e. The van der Waals surface area contributed by atoms with Crippen molar-refractivity contribution in [3.05, 3.63) is 48.3 Å². The maximum atomic E-state index is 11.4. The monoisotopic (exact) mass is 311 g/mol. The third-order valence-corrected chi connectivity index (χ3v) is 3.18. The third-order valence-electron chi connectivity index (χ3n) is 2.26. The maximum Gasteiger partial charge on any atom is 0.243 e. The molecule has 0 unspecified atom stereocenters. The van der Waals surface area contributed by atoms with E-state index >= 15 is 0 Å². The summed E-state index contributed by atoms with van der Waals surface area (Å²) in [5, 5.41) is 13.7. The van der Waals surface area contributed by atoms with Gasteiger partial charge in [0.15, 0.2) is 5.75 Å². The Balaban J connectivity index is 0.00000200. The van der Waals surface area contributed by atoms with Gasteiger partial charge < -0.3 is 4.74 Å². The minimum atomic E-state index is -3.91. The summed E-state index contributed by atoms with van der Waals surface area (Å²) in [6.45, 7) is 0. The van der Waals surface area contributed by atoms with Crippen molar-refractivity contribution in [1.82, 2.24) is 4.98 Å². The molecule has 0 amide bonds. The van der Waals surface area contributed by atoms with Gasteiger partial charge in [-0.2, -0.15) is 5.26 Å². The van der Waals surface area contributed by atoms with Crippen LogP contribution in [0.5, 0.6) is 11.5 Å². The number of rotatable bonds is 3. The van der Waals surface area contributed by atoms with Crippen LogP contribution in [0.3, 0.4) is 0 Å². The molecule has 2 aromatic rings. The second-order valence-corrected chi connectivity index (χ2v) is 5.14. The Kier molecular flexibility index (Phi) is 5.05. The van der Waals surface area contributed by atoms with Gasteiger partial charge in [-0.3, -0.25) is 4.98 Å². The van der Waals surface area contributed by atoms with Crippen molar-refractivity contribution in [2.24, 2.45) is 5.14 Å². The van der Waals surface area contributed by atoms with E-state index in [1.165, 1.54) is 12.3 Å². The van der Waals surface area contributed by atoms with E-state index in [1.54, 1.807) is 24.3 Å². The van der Waals surface area contributed by atoms with E-state index in [9.17, 15) is 8.42 Å². The smallest absolute Gasteiger partial charge is 0.243 e. The number of aromatic nitrogens is 1. The molecule has 0 saturated heterocycles. The Morgan fingerprint density at radius 2 is 1.85 bits per heavy atom. The van der Waals surface area contributed by atoms with Crippen molar-refractivity contribution in [1.29, 1.82) is 5.26 Å². The maximum absolute atomic E-state index is 11.4. The Hall–Kier alpha value is -2.14. The Morgan fingerprint density at radius 1 is 1.20 bits per heavy atom. The number of nitrogens with two attached hydrogens (primary N) is 1. The number of nitriles is 1. The van der Waals surface area contributed by atoms with Gasteiger partial charge in [-0.15, -0.1) is 12.4 Å². The molecule has 6 nitrogen and oxygen atoms in total. The average Bonchev–Trinajstić information content (AvgIpc) is 2.39. The van der Waals surface area contributed by atoms with Crippen LogP contribution in [0.4, 0.5) is 0 Å². The van der Waals surface area contributed by atoms with E-state index in [4.69, 9.17) is 15.1 Å². The van der Waals surface area contributed by atoms with Crippen LogP contribution < -0.4 is 9.88 Å². The molecule has 0 aliphatic rings. The highest BCUT2D eigenvalue weighted by Gasteiger charge is 2.15. The van der Waals surface area contributed by atoms with Gasteiger partial charge in [0.25, 0.3) is 0 Å². The standard InChI is InChI=1S/C12H9N3O3S.ClH/c13-7-9-1-3-10(4-2-9)18-11-5-6-15-8-12(11)19(14,16)17;/h1-6,8H,(H2,14,16,17);1H. The summed E-state index contributed by atoms with van der Waals surface area (Å²) in [6, 6.07) is 9.62. The first-order chi connectivity index (χ1) is 9.00. The zero-order valence-electron chi connectivity index (χ0n) is 10.1. The lowest BCUT2D eigenvalue weighted by molar-refractivity contribution is 0.466. The lowest BCUT2D eigenvalue weighted by Crippen LogP contribution is -2.13. The molecule has 0 aliphatic heterocycles. The summed E-state index contributed by atoms with van der Waals surface area (Å²) >= 11 is 0. The molecule has 0 bridgehead atoms. The number of nitrogens with zero attached hydrogens (tertiary/aromatic N) is 2. The van der Waals surface area contributed by atoms with E-state index in [1.807, 2.05) is 6.07 Å². The van der Waals surface area contributed by atoms with Gasteiger partial charge in [-0.05, 0) is 24.3 Å². The van der Waals surface area contributed by atoms with Gasteiger partial charge in [0, 0.05) is 12.3 Å². The Morgan fingerprint density at radius 3 is 2.40 bits per heavy atom. The Bertz CT molecular complexity index is 739. The van der Waals surface area contributed by atoms with Crippen molar-refractivity contribution in [2.75, 3.05) is 0 Å². The molecular weight excluding hydrogens is 302 g/mol. The van der Waals surface area contributed by atoms with Gasteiger partial charge in [0.1, 0.15) is 10.6 Å². The van der Waals surface area contributed by atoms with Crippen LogP contribution in [0.1, 0.15) is 5.56 Å². The van der Waals surface area contributed by atoms with E-state index in [2.05, 4.69) is 4.98 Å². The third kappa shape index (κ3) is 3.68. The predicted molar refractivity (Wildman–Crippen MR) is 74.1 cm³/mol. The highest BCUT2D eigenvalue weighted by molar-refractivity contribution is 7.89. The van der Waals surface area contributed by atoms with E-state index < -0.39 is 10.0 Å². The van der Waals surface area contributed by atoms with Gasteiger partial charge in [0.05, 0.1) is 17.8 Å². The first kappa shape index (κ1) is 15.9. The van der Waals surface area contributed by atoms with Gasteiger partial charge in [-0.1, -0.05) is 0 Å². The molecule has 1 aromatic heterocycles. The predicted octanol–water partition coefficient (Wildman–Crippen LogP) is 1.81. The van der Waals surface area contributed by atoms with Crippen molar-refractivity contribution in [2.45, 2.75) is 4.90 Å². The average molecular weight is 312 g/mol. The number of primary sulfonamides is 1. The SMILES string of the molecule is Cl.N#Cc1ccc(Oc2ccncc2S(N)(=O)=O)cc1. The normalized spacial score (nSPS) is 10.2. The number of halogens is 1. The number of sulfonamides is 1. The van der Waals surface area contributed by atoms with Crippen LogP contribution in [0, 0.1) is 11.3 Å². The van der Waals surface area contributed by atoms with Gasteiger partial charge in [-0.25, -0.2) is 13.6 Å². The fourth-order valence-electron chi connectivity index (χ4n) is 1.39. The summed E-state index contributed by atoms with van der Waals surface area (Å²) in [6.07, 6.45) is 2.52. The number of hydrogen-bond acceptors (Lipinski definition) is 5. The molecule has 0 fully saturated rings. The molecule has 2 N–H and O–H groups in total. The van der Waals surface area contributed by atoms with Crippen LogP contribution in [0.25, 0.3) is 0 Å². The zero-order chi connectivity index (χ0) is 13.9. The molecular formula is C12H10ClN3O3S. The first-order valence-corrected chi connectivity index (χ1v) is 6.70. The summed E-state index contributed by atoms with van der Waals surface area (Å²) < 4.78 is 28.1. The Labute approximate surface area is 122 Å². The highest BCUT2D eigenvalue weighted by atomic mass is 35.5. The number of benzene rings is 1. The molecule has 0 spiro atoms. The highest BCUT2D eigenvalue weighted by Crippen LogP contribution is 2.27. The van der Waals surface area contributed by atoms with Crippen molar-refractivity contribution < 1.29 is 13.2 Å². The van der Waals surface area contributed by atoms with E-state index in [-0.39, 0.29) is 23.1 Å². The second-order valence-electron chi connectivity index (χ2n) is 3.61. The van der Waals surface area contributed by atoms with Gasteiger partial charge >= 0.3 is 0 Å². The van der Waals surface area contributed by atoms with Crippen LogP contribution in [-0.4, -0.2) is 13.4 Å². The number of pyridine rings is 1. The van der Waals surface area contributed by atoms with E-state index in [0.717, 1.165) is 6.20 Å². The van der Waals surface area contributed by atoms with Crippen LogP contribution in [-0.2, 0) is 10.0 Å². The molecule has 8 heteroatoms. The van der Waals surface area contributed by atoms with Crippen molar-refractivity contribution in [3.63, 3.8) is 0 Å². The number of hydrogen-bond donors (Lipinski definition) is 1. The number of ether oxygens (including phenoxy) is 1. The zero-order valence-corrected chi connectivity index (χ0v) is 11.7. The summed E-state index contributed by atoms with van der Waals surface area (Å²) in [5.41, 5.74) is 0.480. The molecule has 0 atom stereocenters. The van der Waals surface area contributed by atoms with Crippen LogP contribution >= 0.6 is 12.4 Å². The van der Waals surface area contributed by atoms with Crippen molar-refractivity contribution >= 4 is 22.4 Å². The second kappa shape index (κ2) is 6.34. The van der Waals surface area contributed by atoms with Crippen LogP contribution in [0.2, 0.25) is 0 Å². The minimum Gasteiger partial charge on any atom is -0.456 e. The lowest BCUT2D eigenvalue weighted by atomic mass is 10.2. The molecule has 2 rings (SSSR count). The molecule has 20 heavy (non-hydrogen) atoms. The molecule has 0 saturated carbocycles. The van der Waals surface area contributed by atoms with E-state index in [0.29, 0.717) is 11.3 Å². The topological polar surface area (TPSA) is 106 Å². The summed E-state index contributed by atoms with van der Waals surface area (Å²) in [7, 11) is -3.91. The molecule has 104 valence electrons. The summed E-state index contributed by atoms with van der Waals surface area (Å²) in [5.74, 6) is 0.484. The molecule has 1 heterocycles.